The van der Waals surface area contributed by atoms with Crippen molar-refractivity contribution in [3.63, 3.8) is 0 Å². The Morgan fingerprint density at radius 3 is 2.64 bits per heavy atom. The van der Waals surface area contributed by atoms with Gasteiger partial charge < -0.3 is 10.1 Å². The van der Waals surface area contributed by atoms with Crippen molar-refractivity contribution >= 4 is 11.6 Å². The molecule has 4 nitrogen and oxygen atoms in total. The van der Waals surface area contributed by atoms with E-state index in [1.54, 1.807) is 18.5 Å². The van der Waals surface area contributed by atoms with Crippen molar-refractivity contribution in [3.8, 4) is 5.75 Å². The average molecular weight is 326 g/mol. The van der Waals surface area contributed by atoms with Gasteiger partial charge in [-0.25, -0.2) is 18.7 Å². The first-order valence-corrected chi connectivity index (χ1v) is 7.32. The van der Waals surface area contributed by atoms with Gasteiger partial charge in [0.2, 0.25) is 0 Å². The van der Waals surface area contributed by atoms with E-state index in [1.807, 2.05) is 0 Å². The fourth-order valence-corrected chi connectivity index (χ4v) is 2.69. The van der Waals surface area contributed by atoms with E-state index in [4.69, 9.17) is 16.3 Å². The second kappa shape index (κ2) is 6.54. The van der Waals surface area contributed by atoms with Gasteiger partial charge in [0.25, 0.3) is 0 Å². The van der Waals surface area contributed by atoms with E-state index in [0.717, 1.165) is 25.1 Å². The number of hydrogen-bond donors (Lipinski definition) is 1. The standard InChI is InChI=1S/C15H14ClF2N3O/c16-12-10(17)2-3-11(18)14(12)22-13(9-4-7-19-8-9)15-20-5-1-6-21-15/h1-3,5-6,9,13,19H,4,7-8H2/t9?,13-/m0/s1. The molecule has 22 heavy (non-hydrogen) atoms. The first kappa shape index (κ1) is 15.1. The van der Waals surface area contributed by atoms with Crippen LogP contribution >= 0.6 is 11.6 Å². The highest BCUT2D eigenvalue weighted by Gasteiger charge is 2.31. The fraction of sp³-hybridized carbons (Fsp3) is 0.333. The highest BCUT2D eigenvalue weighted by Crippen LogP contribution is 2.36. The van der Waals surface area contributed by atoms with Gasteiger partial charge in [-0.05, 0) is 31.2 Å². The Morgan fingerprint density at radius 1 is 1.23 bits per heavy atom. The summed E-state index contributed by atoms with van der Waals surface area (Å²) in [6.45, 7) is 1.52. The third-order valence-corrected chi connectivity index (χ3v) is 3.97. The Balaban J connectivity index is 1.95. The van der Waals surface area contributed by atoms with Crippen LogP contribution in [-0.2, 0) is 0 Å². The molecule has 2 atom stereocenters. The van der Waals surface area contributed by atoms with E-state index in [2.05, 4.69) is 15.3 Å². The van der Waals surface area contributed by atoms with Crippen LogP contribution in [0.15, 0.2) is 30.6 Å². The normalized spacial score (nSPS) is 19.1. The minimum absolute atomic E-state index is 0.0566. The molecule has 3 rings (SSSR count). The third kappa shape index (κ3) is 3.03. The molecular formula is C15H14ClF2N3O. The predicted octanol–water partition coefficient (Wildman–Crippen LogP) is 3.14. The zero-order valence-electron chi connectivity index (χ0n) is 11.6. The van der Waals surface area contributed by atoms with Gasteiger partial charge in [0.1, 0.15) is 10.8 Å². The van der Waals surface area contributed by atoms with Crippen LogP contribution in [0.4, 0.5) is 8.78 Å². The zero-order chi connectivity index (χ0) is 15.5. The number of nitrogens with zero attached hydrogens (tertiary/aromatic N) is 2. The number of hydrogen-bond acceptors (Lipinski definition) is 4. The summed E-state index contributed by atoms with van der Waals surface area (Å²) < 4.78 is 33.2. The number of aromatic nitrogens is 2. The predicted molar refractivity (Wildman–Crippen MR) is 77.7 cm³/mol. The van der Waals surface area contributed by atoms with Crippen LogP contribution in [0.2, 0.25) is 5.02 Å². The zero-order valence-corrected chi connectivity index (χ0v) is 12.4. The van der Waals surface area contributed by atoms with Crippen LogP contribution < -0.4 is 10.1 Å². The molecule has 2 heterocycles. The van der Waals surface area contributed by atoms with Gasteiger partial charge in [-0.15, -0.1) is 0 Å². The fourth-order valence-electron chi connectivity index (χ4n) is 2.50. The Labute approximate surface area is 131 Å². The van der Waals surface area contributed by atoms with Gasteiger partial charge in [0.15, 0.2) is 23.5 Å². The number of benzene rings is 1. The number of nitrogens with one attached hydrogen (secondary N) is 1. The number of ether oxygens (including phenoxy) is 1. The van der Waals surface area contributed by atoms with Crippen molar-refractivity contribution in [3.05, 3.63) is 53.1 Å². The molecule has 0 saturated carbocycles. The van der Waals surface area contributed by atoms with E-state index in [0.29, 0.717) is 12.4 Å². The highest BCUT2D eigenvalue weighted by molar-refractivity contribution is 6.32. The van der Waals surface area contributed by atoms with E-state index >= 15 is 0 Å². The SMILES string of the molecule is Fc1ccc(F)c(O[C@H](c2ncccn2)C2CCNC2)c1Cl. The van der Waals surface area contributed by atoms with Gasteiger partial charge >= 0.3 is 0 Å². The van der Waals surface area contributed by atoms with Gasteiger partial charge in [-0.2, -0.15) is 0 Å². The molecule has 0 radical (unpaired) electrons. The van der Waals surface area contributed by atoms with Crippen LogP contribution in [-0.4, -0.2) is 23.1 Å². The molecule has 1 aliphatic heterocycles. The molecule has 0 amide bonds. The Hall–Kier alpha value is -1.79. The lowest BCUT2D eigenvalue weighted by molar-refractivity contribution is 0.129. The van der Waals surface area contributed by atoms with Crippen LogP contribution in [0, 0.1) is 17.6 Å². The maximum Gasteiger partial charge on any atom is 0.177 e. The largest absolute Gasteiger partial charge is 0.477 e. The summed E-state index contributed by atoms with van der Waals surface area (Å²) in [6, 6.07) is 3.64. The van der Waals surface area contributed by atoms with Crippen LogP contribution in [0.3, 0.4) is 0 Å². The van der Waals surface area contributed by atoms with Crippen molar-refractivity contribution < 1.29 is 13.5 Å². The minimum Gasteiger partial charge on any atom is -0.477 e. The minimum atomic E-state index is -0.727. The van der Waals surface area contributed by atoms with E-state index in [9.17, 15) is 8.78 Å². The molecule has 1 unspecified atom stereocenters. The van der Waals surface area contributed by atoms with Crippen molar-refractivity contribution in [1.29, 1.82) is 0 Å². The summed E-state index contributed by atoms with van der Waals surface area (Å²) in [4.78, 5) is 8.36. The molecule has 0 spiro atoms. The van der Waals surface area contributed by atoms with Gasteiger partial charge in [0.05, 0.1) is 0 Å². The molecule has 1 aromatic heterocycles. The lowest BCUT2D eigenvalue weighted by atomic mass is 10.0. The second-order valence-electron chi connectivity index (χ2n) is 5.07. The van der Waals surface area contributed by atoms with Crippen molar-refractivity contribution in [2.24, 2.45) is 5.92 Å². The molecular weight excluding hydrogens is 312 g/mol. The van der Waals surface area contributed by atoms with E-state index < -0.39 is 17.7 Å². The first-order valence-electron chi connectivity index (χ1n) is 6.94. The maximum atomic E-state index is 14.0. The topological polar surface area (TPSA) is 47.0 Å². The van der Waals surface area contributed by atoms with Crippen molar-refractivity contribution in [2.45, 2.75) is 12.5 Å². The molecule has 1 fully saturated rings. The smallest absolute Gasteiger partial charge is 0.177 e. The summed E-state index contributed by atoms with van der Waals surface area (Å²) in [5, 5.41) is 2.84. The average Bonchev–Trinajstić information content (AvgIpc) is 3.06. The van der Waals surface area contributed by atoms with Crippen LogP contribution in [0.5, 0.6) is 5.75 Å². The molecule has 2 aromatic rings. The lowest BCUT2D eigenvalue weighted by Crippen LogP contribution is -2.23. The van der Waals surface area contributed by atoms with Gasteiger partial charge in [-0.3, -0.25) is 0 Å². The Bertz CT molecular complexity index is 651. The second-order valence-corrected chi connectivity index (χ2v) is 5.45. The summed E-state index contributed by atoms with van der Waals surface area (Å²) in [6.07, 6.45) is 3.41. The monoisotopic (exact) mass is 325 g/mol. The quantitative estimate of drug-likeness (QED) is 0.877. The maximum absolute atomic E-state index is 14.0. The van der Waals surface area contributed by atoms with Crippen LogP contribution in [0.1, 0.15) is 18.3 Å². The summed E-state index contributed by atoms with van der Waals surface area (Å²) in [7, 11) is 0. The summed E-state index contributed by atoms with van der Waals surface area (Å²) in [5.41, 5.74) is 0. The summed E-state index contributed by atoms with van der Waals surface area (Å²) in [5.74, 6) is -1.25. The molecule has 1 saturated heterocycles. The van der Waals surface area contributed by atoms with E-state index in [1.165, 1.54) is 0 Å². The van der Waals surface area contributed by atoms with Crippen molar-refractivity contribution in [1.82, 2.24) is 15.3 Å². The molecule has 0 bridgehead atoms. The third-order valence-electron chi connectivity index (χ3n) is 3.61. The highest BCUT2D eigenvalue weighted by atomic mass is 35.5. The Morgan fingerprint density at radius 2 is 1.95 bits per heavy atom. The first-order chi connectivity index (χ1) is 10.7. The number of rotatable bonds is 4. The van der Waals surface area contributed by atoms with Gasteiger partial charge in [-0.1, -0.05) is 11.6 Å². The van der Waals surface area contributed by atoms with E-state index in [-0.39, 0.29) is 16.7 Å². The molecule has 1 aliphatic rings. The Kier molecular flexibility index (Phi) is 4.49. The van der Waals surface area contributed by atoms with Crippen molar-refractivity contribution in [2.75, 3.05) is 13.1 Å². The number of halogens is 3. The summed E-state index contributed by atoms with van der Waals surface area (Å²) >= 11 is 5.84. The molecule has 1 N–H and O–H groups in total. The van der Waals surface area contributed by atoms with Gasteiger partial charge in [0, 0.05) is 24.9 Å². The lowest BCUT2D eigenvalue weighted by Gasteiger charge is -2.23. The molecule has 0 aliphatic carbocycles. The molecule has 1 aromatic carbocycles. The van der Waals surface area contributed by atoms with Crippen LogP contribution in [0.25, 0.3) is 0 Å². The molecule has 7 heteroatoms. The molecule has 116 valence electrons.